The van der Waals surface area contributed by atoms with Crippen LogP contribution in [0.4, 0.5) is 10.5 Å². The molecule has 8 nitrogen and oxygen atoms in total. The van der Waals surface area contributed by atoms with Crippen molar-refractivity contribution in [3.63, 3.8) is 0 Å². The first-order valence-corrected chi connectivity index (χ1v) is 13.4. The molecule has 0 unspecified atom stereocenters. The predicted molar refractivity (Wildman–Crippen MR) is 127 cm³/mol. The van der Waals surface area contributed by atoms with Gasteiger partial charge in [0.25, 0.3) is 10.0 Å². The molecule has 1 saturated carbocycles. The predicted octanol–water partition coefficient (Wildman–Crippen LogP) is 3.20. The summed E-state index contributed by atoms with van der Waals surface area (Å²) in [5.41, 5.74) is 2.47. The summed E-state index contributed by atoms with van der Waals surface area (Å²) in [5, 5.41) is 7.58. The van der Waals surface area contributed by atoms with Crippen molar-refractivity contribution in [2.75, 3.05) is 31.5 Å². The van der Waals surface area contributed by atoms with Gasteiger partial charge in [-0.2, -0.15) is 4.31 Å². The van der Waals surface area contributed by atoms with Crippen LogP contribution in [0.15, 0.2) is 33.9 Å². The van der Waals surface area contributed by atoms with Crippen LogP contribution in [0.3, 0.4) is 0 Å². The van der Waals surface area contributed by atoms with Crippen LogP contribution in [0, 0.1) is 13.8 Å². The highest BCUT2D eigenvalue weighted by Crippen LogP contribution is 2.37. The minimum absolute atomic E-state index is 0.0558. The van der Waals surface area contributed by atoms with E-state index in [1.54, 1.807) is 16.4 Å². The smallest absolute Gasteiger partial charge is 0.319 e. The van der Waals surface area contributed by atoms with Crippen molar-refractivity contribution in [3.05, 3.63) is 41.0 Å². The van der Waals surface area contributed by atoms with Crippen molar-refractivity contribution >= 4 is 33.1 Å². The number of carbonyl (C=O) groups is 1. The average Bonchev–Trinajstić information content (AvgIpc) is 3.37. The molecule has 0 bridgehead atoms. The Balaban J connectivity index is 1.24. The monoisotopic (exact) mass is 477 g/mol. The van der Waals surface area contributed by atoms with Gasteiger partial charge in [0.15, 0.2) is 0 Å². The molecule has 2 aromatic heterocycles. The average molecular weight is 478 g/mol. The Kier molecular flexibility index (Phi) is 7.14. The minimum atomic E-state index is -3.41. The fourth-order valence-electron chi connectivity index (χ4n) is 4.34. The molecule has 0 spiro atoms. The number of likely N-dealkylation sites (tertiary alicyclic amines) is 1. The van der Waals surface area contributed by atoms with Gasteiger partial charge in [0.05, 0.1) is 0 Å². The maximum Gasteiger partial charge on any atom is 0.319 e. The molecule has 32 heavy (non-hydrogen) atoms. The normalized spacial score (nSPS) is 18.1. The van der Waals surface area contributed by atoms with Crippen molar-refractivity contribution in [2.45, 2.75) is 55.8 Å². The number of hydrogen-bond acceptors (Lipinski definition) is 6. The van der Waals surface area contributed by atoms with Crippen LogP contribution in [0.2, 0.25) is 0 Å². The fraction of sp³-hybridized carbons (Fsp3) is 0.545. The van der Waals surface area contributed by atoms with Crippen LogP contribution in [0.25, 0.3) is 0 Å². The Hall–Kier alpha value is -2.01. The number of urea groups is 1. The molecule has 4 rings (SSSR count). The van der Waals surface area contributed by atoms with Crippen LogP contribution in [0.1, 0.15) is 37.1 Å². The lowest BCUT2D eigenvalue weighted by atomic mass is 10.0. The molecule has 1 aliphatic carbocycles. The Morgan fingerprint density at radius 2 is 1.81 bits per heavy atom. The summed E-state index contributed by atoms with van der Waals surface area (Å²) in [7, 11) is -3.41. The van der Waals surface area contributed by atoms with Gasteiger partial charge < -0.3 is 15.5 Å². The number of carbonyl (C=O) groups excluding carboxylic acids is 1. The summed E-state index contributed by atoms with van der Waals surface area (Å²) < 4.78 is 28.6. The zero-order valence-corrected chi connectivity index (χ0v) is 20.2. The molecule has 2 N–H and O–H groups in total. The number of anilines is 1. The Bertz CT molecular complexity index is 1010. The molecule has 3 heterocycles. The molecule has 174 valence electrons. The Morgan fingerprint density at radius 1 is 1.16 bits per heavy atom. The lowest BCUT2D eigenvalue weighted by Crippen LogP contribution is -2.49. The van der Waals surface area contributed by atoms with E-state index in [1.807, 2.05) is 31.4 Å². The second kappa shape index (κ2) is 9.86. The van der Waals surface area contributed by atoms with Gasteiger partial charge in [-0.25, -0.2) is 13.2 Å². The topological polar surface area (TPSA) is 94.6 Å². The van der Waals surface area contributed by atoms with Crippen molar-refractivity contribution < 1.29 is 13.2 Å². The number of hydrogen-bond donors (Lipinski definition) is 2. The maximum atomic E-state index is 13.2. The summed E-state index contributed by atoms with van der Waals surface area (Å²) in [4.78, 5) is 18.8. The summed E-state index contributed by atoms with van der Waals surface area (Å²) in [5.74, 6) is 0. The van der Waals surface area contributed by atoms with Gasteiger partial charge in [-0.3, -0.25) is 4.98 Å². The zero-order chi connectivity index (χ0) is 22.7. The van der Waals surface area contributed by atoms with Crippen LogP contribution in [0.5, 0.6) is 0 Å². The molecule has 2 aromatic rings. The molecule has 0 atom stereocenters. The van der Waals surface area contributed by atoms with E-state index in [9.17, 15) is 13.2 Å². The standard InChI is InChI=1S/C22H31N5O3S2/c1-16-14-18(15-17(2)24-16)25-22(28)23-9-12-26-10-7-20(8-11-26)27(19-5-6-19)32(29,30)21-4-3-13-31-21/h3-4,13-15,19-20H,5-12H2,1-2H3,(H2,23,24,25,28). The quantitative estimate of drug-likeness (QED) is 0.609. The van der Waals surface area contributed by atoms with Gasteiger partial charge in [0.1, 0.15) is 4.21 Å². The third kappa shape index (κ3) is 5.67. The number of rotatable bonds is 8. The van der Waals surface area contributed by atoms with E-state index in [0.717, 1.165) is 62.4 Å². The van der Waals surface area contributed by atoms with Gasteiger partial charge in [0.2, 0.25) is 0 Å². The maximum absolute atomic E-state index is 13.2. The van der Waals surface area contributed by atoms with Crippen LogP contribution >= 0.6 is 11.3 Å². The number of nitrogens with zero attached hydrogens (tertiary/aromatic N) is 3. The number of amides is 2. The first-order chi connectivity index (χ1) is 15.3. The summed E-state index contributed by atoms with van der Waals surface area (Å²) in [6, 6.07) is 7.17. The van der Waals surface area contributed by atoms with Gasteiger partial charge in [0, 0.05) is 42.2 Å². The van der Waals surface area contributed by atoms with E-state index >= 15 is 0 Å². The summed E-state index contributed by atoms with van der Waals surface area (Å²) in [6.07, 6.45) is 3.56. The molecule has 0 aromatic carbocycles. The molecular formula is C22H31N5O3S2. The first kappa shape index (κ1) is 23.2. The van der Waals surface area contributed by atoms with Gasteiger partial charge in [-0.1, -0.05) is 6.07 Å². The molecule has 2 fully saturated rings. The SMILES string of the molecule is Cc1cc(NC(=O)NCCN2CCC(N(C3CC3)S(=O)(=O)c3cccs3)CC2)cc(C)n1. The summed E-state index contributed by atoms with van der Waals surface area (Å²) >= 11 is 1.29. The number of aromatic nitrogens is 1. The van der Waals surface area contributed by atoms with Crippen molar-refractivity contribution in [3.8, 4) is 0 Å². The molecular weight excluding hydrogens is 446 g/mol. The lowest BCUT2D eigenvalue weighted by Gasteiger charge is -2.37. The number of sulfonamides is 1. The van der Waals surface area contributed by atoms with E-state index < -0.39 is 10.0 Å². The Labute approximate surface area is 194 Å². The third-order valence-electron chi connectivity index (χ3n) is 5.90. The van der Waals surface area contributed by atoms with Crippen molar-refractivity contribution in [1.82, 2.24) is 19.5 Å². The van der Waals surface area contributed by atoms with Gasteiger partial charge in [-0.15, -0.1) is 11.3 Å². The van der Waals surface area contributed by atoms with E-state index in [1.165, 1.54) is 11.3 Å². The molecule has 2 aliphatic rings. The number of piperidine rings is 1. The second-order valence-electron chi connectivity index (χ2n) is 8.59. The fourth-order valence-corrected chi connectivity index (χ4v) is 7.37. The lowest BCUT2D eigenvalue weighted by molar-refractivity contribution is 0.156. The molecule has 10 heteroatoms. The van der Waals surface area contributed by atoms with E-state index in [0.29, 0.717) is 10.8 Å². The highest BCUT2D eigenvalue weighted by atomic mass is 32.2. The number of nitrogens with one attached hydrogen (secondary N) is 2. The van der Waals surface area contributed by atoms with E-state index in [-0.39, 0.29) is 18.1 Å². The number of aryl methyl sites for hydroxylation is 2. The van der Waals surface area contributed by atoms with Crippen molar-refractivity contribution in [2.24, 2.45) is 0 Å². The highest BCUT2D eigenvalue weighted by Gasteiger charge is 2.43. The van der Waals surface area contributed by atoms with Crippen LogP contribution in [-0.2, 0) is 10.0 Å². The molecule has 2 amide bonds. The molecule has 0 radical (unpaired) electrons. The highest BCUT2D eigenvalue weighted by molar-refractivity contribution is 7.91. The molecule has 1 aliphatic heterocycles. The van der Waals surface area contributed by atoms with Crippen LogP contribution in [-0.4, -0.2) is 66.9 Å². The van der Waals surface area contributed by atoms with E-state index in [2.05, 4.69) is 20.5 Å². The Morgan fingerprint density at radius 3 is 2.41 bits per heavy atom. The number of thiophene rings is 1. The van der Waals surface area contributed by atoms with Crippen molar-refractivity contribution in [1.29, 1.82) is 0 Å². The van der Waals surface area contributed by atoms with E-state index in [4.69, 9.17) is 0 Å². The first-order valence-electron chi connectivity index (χ1n) is 11.1. The van der Waals surface area contributed by atoms with Gasteiger partial charge in [-0.05, 0) is 76.2 Å². The summed E-state index contributed by atoms with van der Waals surface area (Å²) in [6.45, 7) is 6.75. The van der Waals surface area contributed by atoms with Crippen LogP contribution < -0.4 is 10.6 Å². The largest absolute Gasteiger partial charge is 0.337 e. The molecule has 1 saturated heterocycles. The van der Waals surface area contributed by atoms with Gasteiger partial charge >= 0.3 is 6.03 Å². The zero-order valence-electron chi connectivity index (χ0n) is 18.6. The third-order valence-corrected chi connectivity index (χ3v) is 9.28. The minimum Gasteiger partial charge on any atom is -0.337 e. The second-order valence-corrected chi connectivity index (χ2v) is 11.6. The number of pyridine rings is 1.